The molecular formula is C22H21F6N3O2. The maximum Gasteiger partial charge on any atom is 0.416 e. The Morgan fingerprint density at radius 3 is 2.21 bits per heavy atom. The van der Waals surface area contributed by atoms with Crippen molar-refractivity contribution >= 4 is 0 Å². The second-order valence-corrected chi connectivity index (χ2v) is 7.76. The maximum absolute atomic E-state index is 13.2. The molecule has 0 spiro atoms. The minimum Gasteiger partial charge on any atom is -0.352 e. The van der Waals surface area contributed by atoms with Crippen LogP contribution in [0.2, 0.25) is 0 Å². The minimum absolute atomic E-state index is 0.0794. The summed E-state index contributed by atoms with van der Waals surface area (Å²) >= 11 is 0. The van der Waals surface area contributed by atoms with Crippen LogP contribution in [0.5, 0.6) is 0 Å². The molecule has 0 N–H and O–H groups in total. The quantitative estimate of drug-likeness (QED) is 0.192. The molecule has 1 fully saturated rings. The number of hydrogen-bond acceptors (Lipinski definition) is 3. The SMILES string of the molecule is C[C@@H](O[C@H]1OCC[C@@H](CN=[N+]=[N-])[C@@H]1c1ccccc1)c1cc(C(F)(F)F)cc(C(F)(F)F)c1. The van der Waals surface area contributed by atoms with Crippen LogP contribution in [0.15, 0.2) is 53.6 Å². The highest BCUT2D eigenvalue weighted by Gasteiger charge is 2.39. The molecule has 0 bridgehead atoms. The van der Waals surface area contributed by atoms with Crippen molar-refractivity contribution < 1.29 is 35.8 Å². The molecule has 1 saturated heterocycles. The van der Waals surface area contributed by atoms with E-state index in [1.807, 2.05) is 12.1 Å². The standard InChI is InChI=1S/C22H21F6N3O2/c1-13(16-9-17(21(23,24)25)11-18(10-16)22(26,27)28)33-20-19(14-5-3-2-4-6-14)15(7-8-32-20)12-30-31-29/h2-6,9-11,13,15,19-20H,7-8,12H2,1H3/t13-,15+,19+,20-/m1/s1. The van der Waals surface area contributed by atoms with Crippen LogP contribution in [0.1, 0.15) is 47.6 Å². The van der Waals surface area contributed by atoms with Crippen LogP contribution in [-0.2, 0) is 21.8 Å². The monoisotopic (exact) mass is 473 g/mol. The van der Waals surface area contributed by atoms with Gasteiger partial charge in [0.25, 0.3) is 0 Å². The van der Waals surface area contributed by atoms with E-state index in [2.05, 4.69) is 10.0 Å². The van der Waals surface area contributed by atoms with Gasteiger partial charge in [-0.1, -0.05) is 35.4 Å². The zero-order valence-corrected chi connectivity index (χ0v) is 17.5. The zero-order chi connectivity index (χ0) is 24.2. The van der Waals surface area contributed by atoms with Crippen molar-refractivity contribution in [3.63, 3.8) is 0 Å². The van der Waals surface area contributed by atoms with Crippen LogP contribution in [0, 0.1) is 5.92 Å². The summed E-state index contributed by atoms with van der Waals surface area (Å²) in [7, 11) is 0. The smallest absolute Gasteiger partial charge is 0.352 e. The Hall–Kier alpha value is -2.75. The van der Waals surface area contributed by atoms with Crippen molar-refractivity contribution in [1.29, 1.82) is 0 Å². The number of azide groups is 1. The van der Waals surface area contributed by atoms with Crippen LogP contribution >= 0.6 is 0 Å². The van der Waals surface area contributed by atoms with Gasteiger partial charge in [0.15, 0.2) is 6.29 Å². The molecule has 0 saturated carbocycles. The van der Waals surface area contributed by atoms with E-state index in [1.54, 1.807) is 18.2 Å². The lowest BCUT2D eigenvalue weighted by Gasteiger charge is -2.39. The Balaban J connectivity index is 1.94. The third-order valence-corrected chi connectivity index (χ3v) is 5.55. The largest absolute Gasteiger partial charge is 0.416 e. The minimum atomic E-state index is -4.95. The van der Waals surface area contributed by atoms with Crippen LogP contribution in [-0.4, -0.2) is 19.4 Å². The van der Waals surface area contributed by atoms with Gasteiger partial charge in [0.1, 0.15) is 0 Å². The molecule has 1 heterocycles. The summed E-state index contributed by atoms with van der Waals surface area (Å²) in [5.74, 6) is -0.609. The van der Waals surface area contributed by atoms with Gasteiger partial charge in [0.05, 0.1) is 23.8 Å². The van der Waals surface area contributed by atoms with Gasteiger partial charge in [-0.2, -0.15) is 26.3 Å². The number of ether oxygens (including phenoxy) is 2. The third-order valence-electron chi connectivity index (χ3n) is 5.55. The Bertz CT molecular complexity index is 958. The lowest BCUT2D eigenvalue weighted by atomic mass is 9.82. The number of alkyl halides is 6. The first-order valence-electron chi connectivity index (χ1n) is 10.1. The molecule has 1 aliphatic heterocycles. The molecule has 0 unspecified atom stereocenters. The second-order valence-electron chi connectivity index (χ2n) is 7.76. The second kappa shape index (κ2) is 10.0. The topological polar surface area (TPSA) is 67.2 Å². The highest BCUT2D eigenvalue weighted by atomic mass is 19.4. The fourth-order valence-corrected chi connectivity index (χ4v) is 3.91. The highest BCUT2D eigenvalue weighted by molar-refractivity contribution is 5.34. The van der Waals surface area contributed by atoms with Gasteiger partial charge >= 0.3 is 12.4 Å². The average molecular weight is 473 g/mol. The van der Waals surface area contributed by atoms with E-state index in [0.717, 1.165) is 5.56 Å². The predicted molar refractivity (Wildman–Crippen MR) is 107 cm³/mol. The van der Waals surface area contributed by atoms with Gasteiger partial charge in [-0.15, -0.1) is 0 Å². The van der Waals surface area contributed by atoms with Gasteiger partial charge in [0.2, 0.25) is 0 Å². The molecule has 2 aromatic carbocycles. The summed E-state index contributed by atoms with van der Waals surface area (Å²) in [4.78, 5) is 2.79. The van der Waals surface area contributed by atoms with Gasteiger partial charge < -0.3 is 9.47 Å². The highest BCUT2D eigenvalue weighted by Crippen LogP contribution is 2.41. The normalized spacial score (nSPS) is 22.5. The molecule has 0 radical (unpaired) electrons. The van der Waals surface area contributed by atoms with E-state index in [4.69, 9.17) is 15.0 Å². The first kappa shape index (κ1) is 24.9. The third kappa shape index (κ3) is 6.19. The summed E-state index contributed by atoms with van der Waals surface area (Å²) < 4.78 is 91.1. The maximum atomic E-state index is 13.2. The molecule has 0 aromatic heterocycles. The molecular weight excluding hydrogens is 452 g/mol. The van der Waals surface area contributed by atoms with E-state index in [9.17, 15) is 26.3 Å². The van der Waals surface area contributed by atoms with Gasteiger partial charge in [-0.3, -0.25) is 0 Å². The van der Waals surface area contributed by atoms with E-state index < -0.39 is 41.8 Å². The number of rotatable bonds is 6. The van der Waals surface area contributed by atoms with Crippen molar-refractivity contribution in [2.45, 2.75) is 44.0 Å². The summed E-state index contributed by atoms with van der Waals surface area (Å²) in [6.07, 6.45) is -11.5. The van der Waals surface area contributed by atoms with Crippen molar-refractivity contribution in [1.82, 2.24) is 0 Å². The molecule has 0 amide bonds. The summed E-state index contributed by atoms with van der Waals surface area (Å²) in [5, 5.41) is 3.64. The Kier molecular flexibility index (Phi) is 7.56. The van der Waals surface area contributed by atoms with Crippen molar-refractivity contribution in [2.24, 2.45) is 11.0 Å². The summed E-state index contributed by atoms with van der Waals surface area (Å²) in [5.41, 5.74) is 6.42. The van der Waals surface area contributed by atoms with E-state index in [0.29, 0.717) is 18.6 Å². The van der Waals surface area contributed by atoms with Gasteiger partial charge in [-0.25, -0.2) is 0 Å². The molecule has 178 valence electrons. The molecule has 2 aromatic rings. The van der Waals surface area contributed by atoms with E-state index in [1.165, 1.54) is 6.92 Å². The van der Waals surface area contributed by atoms with Crippen LogP contribution in [0.3, 0.4) is 0 Å². The lowest BCUT2D eigenvalue weighted by molar-refractivity contribution is -0.208. The zero-order valence-electron chi connectivity index (χ0n) is 17.5. The van der Waals surface area contributed by atoms with Gasteiger partial charge in [0, 0.05) is 17.4 Å². The molecule has 1 aliphatic rings. The van der Waals surface area contributed by atoms with Crippen LogP contribution in [0.25, 0.3) is 10.4 Å². The van der Waals surface area contributed by atoms with Crippen molar-refractivity contribution in [3.05, 3.63) is 81.2 Å². The number of nitrogens with zero attached hydrogens (tertiary/aromatic N) is 3. The van der Waals surface area contributed by atoms with Crippen LogP contribution in [0.4, 0.5) is 26.3 Å². The van der Waals surface area contributed by atoms with Crippen molar-refractivity contribution in [2.75, 3.05) is 13.2 Å². The fourth-order valence-electron chi connectivity index (χ4n) is 3.91. The van der Waals surface area contributed by atoms with E-state index in [-0.39, 0.29) is 30.7 Å². The molecule has 33 heavy (non-hydrogen) atoms. The Morgan fingerprint density at radius 1 is 1.06 bits per heavy atom. The summed E-state index contributed by atoms with van der Waals surface area (Å²) in [6, 6.07) is 10.4. The van der Waals surface area contributed by atoms with E-state index >= 15 is 0 Å². The van der Waals surface area contributed by atoms with Crippen LogP contribution < -0.4 is 0 Å². The summed E-state index contributed by atoms with van der Waals surface area (Å²) in [6.45, 7) is 1.76. The van der Waals surface area contributed by atoms with Gasteiger partial charge in [-0.05, 0) is 54.1 Å². The molecule has 5 nitrogen and oxygen atoms in total. The number of halogens is 6. The first-order chi connectivity index (χ1) is 15.5. The molecule has 4 atom stereocenters. The Labute approximate surface area is 185 Å². The molecule has 3 rings (SSSR count). The molecule has 11 heteroatoms. The Morgan fingerprint density at radius 2 is 1.67 bits per heavy atom. The lowest BCUT2D eigenvalue weighted by Crippen LogP contribution is -2.38. The number of hydrogen-bond donors (Lipinski definition) is 0. The average Bonchev–Trinajstić information content (AvgIpc) is 2.76. The predicted octanol–water partition coefficient (Wildman–Crippen LogP) is 7.26. The first-order valence-corrected chi connectivity index (χ1v) is 10.1. The molecule has 0 aliphatic carbocycles. The number of benzene rings is 2. The van der Waals surface area contributed by atoms with Crippen molar-refractivity contribution in [3.8, 4) is 0 Å². The fraction of sp³-hybridized carbons (Fsp3) is 0.455.